The van der Waals surface area contributed by atoms with Gasteiger partial charge in [-0.05, 0) is 0 Å². The van der Waals surface area contributed by atoms with Crippen molar-refractivity contribution in [3.8, 4) is 0 Å². The summed E-state index contributed by atoms with van der Waals surface area (Å²) in [5, 5.41) is 2.30. The Bertz CT molecular complexity index is 323. The number of rotatable bonds is 5. The Balaban J connectivity index is 3.93. The van der Waals surface area contributed by atoms with Gasteiger partial charge in [-0.2, -0.15) is 0 Å². The second-order valence-electron chi connectivity index (χ2n) is 3.18. The topological polar surface area (TPSA) is 106 Å². The molecule has 14 heavy (non-hydrogen) atoms. The van der Waals surface area contributed by atoms with Gasteiger partial charge in [0.15, 0.2) is 9.84 Å². The molecule has 82 valence electrons. The van der Waals surface area contributed by atoms with Gasteiger partial charge in [0.05, 0.1) is 5.92 Å². The normalized spacial score (nSPS) is 13.3. The second kappa shape index (κ2) is 4.94. The van der Waals surface area contributed by atoms with Crippen LogP contribution in [0.3, 0.4) is 0 Å². The van der Waals surface area contributed by atoms with Gasteiger partial charge in [0, 0.05) is 12.8 Å². The van der Waals surface area contributed by atoms with Crippen molar-refractivity contribution < 1.29 is 18.0 Å². The van der Waals surface area contributed by atoms with Crippen LogP contribution in [0.4, 0.5) is 0 Å². The number of hydrogen-bond acceptors (Lipinski definition) is 4. The number of hydrogen-bond donors (Lipinski definition) is 2. The predicted molar refractivity (Wildman–Crippen MR) is 51.1 cm³/mol. The summed E-state index contributed by atoms with van der Waals surface area (Å²) in [6.07, 6.45) is 0.962. The highest BCUT2D eigenvalue weighted by Gasteiger charge is 2.13. The fraction of sp³-hybridized carbons (Fsp3) is 0.714. The Kier molecular flexibility index (Phi) is 4.55. The van der Waals surface area contributed by atoms with E-state index < -0.39 is 33.3 Å². The van der Waals surface area contributed by atoms with E-state index in [-0.39, 0.29) is 6.54 Å². The van der Waals surface area contributed by atoms with Crippen LogP contribution in [-0.2, 0) is 19.4 Å². The van der Waals surface area contributed by atoms with Crippen LogP contribution in [0, 0.1) is 5.92 Å². The van der Waals surface area contributed by atoms with Crippen LogP contribution in [0.15, 0.2) is 0 Å². The van der Waals surface area contributed by atoms with E-state index in [9.17, 15) is 18.0 Å². The monoisotopic (exact) mass is 222 g/mol. The zero-order chi connectivity index (χ0) is 11.4. The zero-order valence-electron chi connectivity index (χ0n) is 8.11. The number of nitrogens with two attached hydrogens (primary N) is 1. The van der Waals surface area contributed by atoms with Gasteiger partial charge in [0.25, 0.3) is 0 Å². The summed E-state index contributed by atoms with van der Waals surface area (Å²) < 4.78 is 21.3. The molecule has 0 saturated carbocycles. The van der Waals surface area contributed by atoms with E-state index in [1.54, 1.807) is 6.92 Å². The molecule has 0 radical (unpaired) electrons. The number of carbonyl (C=O) groups excluding carboxylic acids is 2. The van der Waals surface area contributed by atoms with Gasteiger partial charge in [-0.3, -0.25) is 9.59 Å². The predicted octanol–water partition coefficient (Wildman–Crippen LogP) is -1.73. The third-order valence-electron chi connectivity index (χ3n) is 1.48. The number of sulfone groups is 1. The molecule has 2 amide bonds. The number of primary amides is 1. The molecule has 0 spiro atoms. The Labute approximate surface area is 82.8 Å². The average Bonchev–Trinajstić information content (AvgIpc) is 1.96. The first-order valence-electron chi connectivity index (χ1n) is 3.96. The third kappa shape index (κ3) is 6.41. The maximum Gasteiger partial charge on any atom is 0.235 e. The third-order valence-corrected chi connectivity index (χ3v) is 2.27. The SMILES string of the molecule is CC(CNC(=O)CS(C)(=O)=O)C(N)=O. The lowest BCUT2D eigenvalue weighted by Gasteiger charge is -2.08. The van der Waals surface area contributed by atoms with Crippen molar-refractivity contribution in [3.05, 3.63) is 0 Å². The van der Waals surface area contributed by atoms with Crippen molar-refractivity contribution in [2.75, 3.05) is 18.6 Å². The van der Waals surface area contributed by atoms with Crippen LogP contribution >= 0.6 is 0 Å². The van der Waals surface area contributed by atoms with Crippen molar-refractivity contribution in [1.29, 1.82) is 0 Å². The van der Waals surface area contributed by atoms with Crippen molar-refractivity contribution in [1.82, 2.24) is 5.32 Å². The number of nitrogens with one attached hydrogen (secondary N) is 1. The van der Waals surface area contributed by atoms with Crippen LogP contribution < -0.4 is 11.1 Å². The fourth-order valence-corrected chi connectivity index (χ4v) is 1.24. The van der Waals surface area contributed by atoms with E-state index in [1.807, 2.05) is 0 Å². The largest absolute Gasteiger partial charge is 0.369 e. The van der Waals surface area contributed by atoms with Crippen LogP contribution in [0.2, 0.25) is 0 Å². The van der Waals surface area contributed by atoms with E-state index in [2.05, 4.69) is 5.32 Å². The van der Waals surface area contributed by atoms with Gasteiger partial charge >= 0.3 is 0 Å². The Hall–Kier alpha value is -1.11. The van der Waals surface area contributed by atoms with E-state index in [0.717, 1.165) is 6.26 Å². The molecule has 0 aromatic rings. The minimum absolute atomic E-state index is 0.0592. The van der Waals surface area contributed by atoms with Crippen molar-refractivity contribution in [2.24, 2.45) is 11.7 Å². The first-order chi connectivity index (χ1) is 6.22. The van der Waals surface area contributed by atoms with Gasteiger partial charge in [-0.25, -0.2) is 8.42 Å². The molecule has 7 heteroatoms. The Morgan fingerprint density at radius 3 is 2.29 bits per heavy atom. The molecule has 0 aromatic carbocycles. The van der Waals surface area contributed by atoms with Gasteiger partial charge < -0.3 is 11.1 Å². The number of amides is 2. The summed E-state index contributed by atoms with van der Waals surface area (Å²) in [5.41, 5.74) is 4.94. The van der Waals surface area contributed by atoms with E-state index >= 15 is 0 Å². The average molecular weight is 222 g/mol. The van der Waals surface area contributed by atoms with Gasteiger partial charge in [0.1, 0.15) is 5.75 Å². The molecule has 3 N–H and O–H groups in total. The molecule has 0 aliphatic rings. The molecule has 0 aliphatic carbocycles. The summed E-state index contributed by atoms with van der Waals surface area (Å²) in [6, 6.07) is 0. The van der Waals surface area contributed by atoms with E-state index in [1.165, 1.54) is 0 Å². The molecule has 0 saturated heterocycles. The molecule has 0 rings (SSSR count). The minimum atomic E-state index is -3.32. The zero-order valence-corrected chi connectivity index (χ0v) is 8.93. The lowest BCUT2D eigenvalue weighted by atomic mass is 10.2. The van der Waals surface area contributed by atoms with Crippen molar-refractivity contribution in [3.63, 3.8) is 0 Å². The summed E-state index contributed by atoms with van der Waals surface area (Å²) in [7, 11) is -3.32. The van der Waals surface area contributed by atoms with Crippen LogP contribution in [-0.4, -0.2) is 38.8 Å². The van der Waals surface area contributed by atoms with Crippen LogP contribution in [0.25, 0.3) is 0 Å². The Morgan fingerprint density at radius 2 is 1.93 bits per heavy atom. The lowest BCUT2D eigenvalue weighted by molar-refractivity contribution is -0.122. The number of carbonyl (C=O) groups is 2. The molecule has 0 bridgehead atoms. The van der Waals surface area contributed by atoms with Crippen LogP contribution in [0.5, 0.6) is 0 Å². The highest BCUT2D eigenvalue weighted by Crippen LogP contribution is 1.90. The quantitative estimate of drug-likeness (QED) is 0.576. The van der Waals surface area contributed by atoms with E-state index in [4.69, 9.17) is 5.73 Å². The second-order valence-corrected chi connectivity index (χ2v) is 5.32. The first-order valence-corrected chi connectivity index (χ1v) is 6.02. The van der Waals surface area contributed by atoms with E-state index in [0.29, 0.717) is 0 Å². The fourth-order valence-electron chi connectivity index (χ4n) is 0.657. The van der Waals surface area contributed by atoms with Gasteiger partial charge in [-0.1, -0.05) is 6.92 Å². The minimum Gasteiger partial charge on any atom is -0.369 e. The standard InChI is InChI=1S/C7H14N2O4S/c1-5(7(8)11)3-9-6(10)4-14(2,12)13/h5H,3-4H2,1-2H3,(H2,8,11)(H,9,10). The highest BCUT2D eigenvalue weighted by molar-refractivity contribution is 7.91. The summed E-state index contributed by atoms with van der Waals surface area (Å²) >= 11 is 0. The maximum atomic E-state index is 10.9. The molecule has 1 unspecified atom stereocenters. The molecular weight excluding hydrogens is 208 g/mol. The molecule has 0 aliphatic heterocycles. The Morgan fingerprint density at radius 1 is 1.43 bits per heavy atom. The molecule has 0 aromatic heterocycles. The molecule has 1 atom stereocenters. The summed E-state index contributed by atoms with van der Waals surface area (Å²) in [4.78, 5) is 21.5. The molecular formula is C7H14N2O4S. The van der Waals surface area contributed by atoms with Crippen molar-refractivity contribution >= 4 is 21.7 Å². The van der Waals surface area contributed by atoms with Crippen LogP contribution in [0.1, 0.15) is 6.92 Å². The lowest BCUT2D eigenvalue weighted by Crippen LogP contribution is -2.37. The van der Waals surface area contributed by atoms with Gasteiger partial charge in [-0.15, -0.1) is 0 Å². The molecule has 0 heterocycles. The smallest absolute Gasteiger partial charge is 0.235 e. The van der Waals surface area contributed by atoms with Crippen molar-refractivity contribution in [2.45, 2.75) is 6.92 Å². The highest BCUT2D eigenvalue weighted by atomic mass is 32.2. The molecule has 0 fully saturated rings. The summed E-state index contributed by atoms with van der Waals surface area (Å²) in [5.74, 6) is -2.23. The first kappa shape index (κ1) is 12.9. The van der Waals surface area contributed by atoms with Gasteiger partial charge in [0.2, 0.25) is 11.8 Å². The maximum absolute atomic E-state index is 10.9. The summed E-state index contributed by atoms with van der Waals surface area (Å²) in [6.45, 7) is 1.60. The molecule has 6 nitrogen and oxygen atoms in total.